The minimum absolute atomic E-state index is 0.0318. The molecule has 0 atom stereocenters. The van der Waals surface area contributed by atoms with Crippen molar-refractivity contribution in [3.05, 3.63) is 102 Å². The lowest BCUT2D eigenvalue weighted by atomic mass is 10.1. The van der Waals surface area contributed by atoms with Gasteiger partial charge in [-0.15, -0.1) is 13.2 Å². The van der Waals surface area contributed by atoms with Gasteiger partial charge in [-0.25, -0.2) is 13.4 Å². The number of sulfonamides is 1. The molecule has 0 saturated carbocycles. The van der Waals surface area contributed by atoms with E-state index in [4.69, 9.17) is 0 Å². The molecule has 0 bridgehead atoms. The topological polar surface area (TPSA) is 83.0 Å². The number of hydrogen-bond donors (Lipinski definition) is 1. The normalized spacial score (nSPS) is 13.8. The number of para-hydroxylation sites is 1. The highest BCUT2D eigenvalue weighted by Gasteiger charge is 2.39. The Hall–Kier alpha value is -4.46. The third-order valence-electron chi connectivity index (χ3n) is 6.18. The lowest BCUT2D eigenvalue weighted by Gasteiger charge is -2.28. The van der Waals surface area contributed by atoms with Crippen molar-refractivity contribution in [1.82, 2.24) is 4.98 Å². The number of anilines is 3. The zero-order valence-electron chi connectivity index (χ0n) is 20.7. The first-order chi connectivity index (χ1) is 19.2. The highest BCUT2D eigenvalue weighted by Crippen LogP contribution is 2.48. The minimum Gasteiger partial charge on any atom is -0.506 e. The van der Waals surface area contributed by atoms with E-state index in [9.17, 15) is 39.9 Å². The number of nitrogens with zero attached hydrogens (tertiary/aromatic N) is 3. The second-order valence-corrected chi connectivity index (χ2v) is 10.8. The molecule has 14 heteroatoms. The monoisotopic (exact) mass is 595 g/mol. The molecular formula is C27H19F6N3O4S. The van der Waals surface area contributed by atoms with Gasteiger partial charge >= 0.3 is 12.5 Å². The summed E-state index contributed by atoms with van der Waals surface area (Å²) in [4.78, 5) is 4.79. The Morgan fingerprint density at radius 2 is 1.54 bits per heavy atom. The molecule has 214 valence electrons. The van der Waals surface area contributed by atoms with Gasteiger partial charge in [-0.2, -0.15) is 13.2 Å². The summed E-state index contributed by atoms with van der Waals surface area (Å²) >= 11 is 0. The first-order valence-corrected chi connectivity index (χ1v) is 13.3. The minimum atomic E-state index is -5.00. The summed E-state index contributed by atoms with van der Waals surface area (Å²) in [5.74, 6) is -1.33. The summed E-state index contributed by atoms with van der Waals surface area (Å²) < 4.78 is 111. The largest absolute Gasteiger partial charge is 0.573 e. The molecule has 5 rings (SSSR count). The summed E-state index contributed by atoms with van der Waals surface area (Å²) in [7, 11) is -4.60. The third kappa shape index (κ3) is 5.73. The molecule has 1 aliphatic rings. The van der Waals surface area contributed by atoms with Gasteiger partial charge in [-0.3, -0.25) is 4.31 Å². The Bertz CT molecular complexity index is 1680. The second-order valence-electron chi connectivity index (χ2n) is 8.92. The van der Waals surface area contributed by atoms with Crippen molar-refractivity contribution in [3.8, 4) is 11.5 Å². The molecule has 0 fully saturated rings. The zero-order valence-corrected chi connectivity index (χ0v) is 21.5. The number of aromatic nitrogens is 1. The van der Waals surface area contributed by atoms with Gasteiger partial charge < -0.3 is 14.7 Å². The van der Waals surface area contributed by atoms with Gasteiger partial charge in [0.05, 0.1) is 17.1 Å². The Morgan fingerprint density at radius 1 is 0.854 bits per heavy atom. The van der Waals surface area contributed by atoms with E-state index in [1.54, 1.807) is 30.3 Å². The van der Waals surface area contributed by atoms with E-state index in [1.807, 2.05) is 0 Å². The van der Waals surface area contributed by atoms with Crippen LogP contribution in [0.25, 0.3) is 0 Å². The average Bonchev–Trinajstić information content (AvgIpc) is 3.04. The lowest BCUT2D eigenvalue weighted by molar-refractivity contribution is -0.274. The number of phenolic OH excluding ortho intramolecular Hbond substituents is 1. The molecule has 4 aromatic rings. The molecule has 1 N–H and O–H groups in total. The molecule has 41 heavy (non-hydrogen) atoms. The number of rotatable bonds is 5. The number of ether oxygens (including phenoxy) is 1. The number of halogens is 6. The van der Waals surface area contributed by atoms with Gasteiger partial charge in [-0.05, 0) is 48.0 Å². The van der Waals surface area contributed by atoms with Crippen molar-refractivity contribution in [3.63, 3.8) is 0 Å². The Morgan fingerprint density at radius 3 is 2.17 bits per heavy atom. The summed E-state index contributed by atoms with van der Waals surface area (Å²) in [5.41, 5.74) is -0.660. The van der Waals surface area contributed by atoms with Crippen LogP contribution in [0.2, 0.25) is 0 Å². The highest BCUT2D eigenvalue weighted by atomic mass is 32.2. The standard InChI is InChI=1S/C27H19F6N3O4S/c28-26(29,30)23-14-9-18-16-36(41(38,39)20-12-10-19(11-13-20)40-27(31,32)33)24-21(7-4-8-22(24)37)35(25(18)34-23)15-17-5-2-1-3-6-17/h1-14,37H,15-16H2. The van der Waals surface area contributed by atoms with E-state index < -0.39 is 51.2 Å². The van der Waals surface area contributed by atoms with Crippen LogP contribution in [-0.2, 0) is 29.3 Å². The van der Waals surface area contributed by atoms with Crippen LogP contribution in [0.1, 0.15) is 16.8 Å². The van der Waals surface area contributed by atoms with Gasteiger partial charge in [0.25, 0.3) is 10.0 Å². The highest BCUT2D eigenvalue weighted by molar-refractivity contribution is 7.92. The zero-order chi connectivity index (χ0) is 29.6. The van der Waals surface area contributed by atoms with Crippen molar-refractivity contribution in [2.45, 2.75) is 30.5 Å². The molecule has 7 nitrogen and oxygen atoms in total. The van der Waals surface area contributed by atoms with Gasteiger partial charge in [0.1, 0.15) is 28.7 Å². The maximum atomic E-state index is 13.9. The predicted octanol–water partition coefficient (Wildman–Crippen LogP) is 6.75. The maximum Gasteiger partial charge on any atom is 0.573 e. The van der Waals surface area contributed by atoms with Crippen molar-refractivity contribution in [2.24, 2.45) is 0 Å². The summed E-state index contributed by atoms with van der Waals surface area (Å²) in [5, 5.41) is 10.9. The Labute approximate surface area is 229 Å². The van der Waals surface area contributed by atoms with Crippen molar-refractivity contribution >= 4 is 27.2 Å². The van der Waals surface area contributed by atoms with Gasteiger partial charge in [0.15, 0.2) is 0 Å². The molecule has 0 amide bonds. The molecule has 0 spiro atoms. The molecule has 0 radical (unpaired) electrons. The number of alkyl halides is 6. The van der Waals surface area contributed by atoms with Crippen molar-refractivity contribution in [2.75, 3.05) is 9.21 Å². The molecule has 0 aliphatic carbocycles. The van der Waals surface area contributed by atoms with Crippen LogP contribution in [-0.4, -0.2) is 24.9 Å². The van der Waals surface area contributed by atoms with E-state index in [0.717, 1.165) is 40.7 Å². The van der Waals surface area contributed by atoms with Crippen LogP contribution in [0.15, 0.2) is 89.8 Å². The van der Waals surface area contributed by atoms with Gasteiger partial charge in [0, 0.05) is 12.1 Å². The summed E-state index contributed by atoms with van der Waals surface area (Å²) in [6, 6.07) is 17.9. The third-order valence-corrected chi connectivity index (χ3v) is 7.94. The smallest absolute Gasteiger partial charge is 0.506 e. The van der Waals surface area contributed by atoms with E-state index in [-0.39, 0.29) is 29.3 Å². The number of benzene rings is 3. The summed E-state index contributed by atoms with van der Waals surface area (Å²) in [6.45, 7) is -0.574. The molecule has 0 unspecified atom stereocenters. The first-order valence-electron chi connectivity index (χ1n) is 11.8. The fraction of sp³-hybridized carbons (Fsp3) is 0.148. The molecule has 1 aliphatic heterocycles. The number of aromatic hydroxyl groups is 1. The van der Waals surface area contributed by atoms with E-state index in [2.05, 4.69) is 9.72 Å². The van der Waals surface area contributed by atoms with E-state index >= 15 is 0 Å². The number of fused-ring (bicyclic) bond motifs is 2. The van der Waals surface area contributed by atoms with E-state index in [0.29, 0.717) is 5.56 Å². The molecule has 0 saturated heterocycles. The number of pyridine rings is 1. The predicted molar refractivity (Wildman–Crippen MR) is 136 cm³/mol. The first kappa shape index (κ1) is 28.1. The van der Waals surface area contributed by atoms with Crippen LogP contribution >= 0.6 is 0 Å². The maximum absolute atomic E-state index is 13.9. The number of phenols is 1. The van der Waals surface area contributed by atoms with E-state index in [1.165, 1.54) is 23.1 Å². The van der Waals surface area contributed by atoms with Crippen molar-refractivity contribution < 1.29 is 44.6 Å². The van der Waals surface area contributed by atoms with Crippen LogP contribution in [0.4, 0.5) is 43.5 Å². The fourth-order valence-electron chi connectivity index (χ4n) is 4.40. The Balaban J connectivity index is 1.69. The van der Waals surface area contributed by atoms with Crippen LogP contribution in [0.5, 0.6) is 11.5 Å². The van der Waals surface area contributed by atoms with Gasteiger partial charge in [-0.1, -0.05) is 42.5 Å². The quantitative estimate of drug-likeness (QED) is 0.257. The average molecular weight is 596 g/mol. The van der Waals surface area contributed by atoms with Crippen molar-refractivity contribution in [1.29, 1.82) is 0 Å². The van der Waals surface area contributed by atoms with Crippen LogP contribution < -0.4 is 13.9 Å². The second kappa shape index (κ2) is 10.2. The molecule has 1 aromatic heterocycles. The SMILES string of the molecule is O=S(=O)(c1ccc(OC(F)(F)F)cc1)N1Cc2ccc(C(F)(F)F)nc2N(Cc2ccccc2)c2cccc(O)c21. The van der Waals surface area contributed by atoms with Crippen LogP contribution in [0.3, 0.4) is 0 Å². The molecular weight excluding hydrogens is 576 g/mol. The number of hydrogen-bond acceptors (Lipinski definition) is 6. The summed E-state index contributed by atoms with van der Waals surface area (Å²) in [6.07, 6.45) is -9.79. The van der Waals surface area contributed by atoms with Gasteiger partial charge in [0.2, 0.25) is 0 Å². The molecule has 3 aromatic carbocycles. The fourth-order valence-corrected chi connectivity index (χ4v) is 5.88. The Kier molecular flexibility index (Phi) is 6.97. The van der Waals surface area contributed by atoms with Crippen LogP contribution in [0, 0.1) is 0 Å². The lowest BCUT2D eigenvalue weighted by Crippen LogP contribution is -2.30. The molecule has 2 heterocycles.